The SMILES string of the molecule is O=C1S/C(=C\c2ccc3c(cnn3Cc3ccc(Cl)cc3C(F)(F)F)c2)C(=O)N1Cc1nc[nH]n1. The first-order valence-electron chi connectivity index (χ1n) is 10.1. The number of hydrogen-bond acceptors (Lipinski definition) is 6. The Morgan fingerprint density at radius 3 is 2.69 bits per heavy atom. The largest absolute Gasteiger partial charge is 0.416 e. The summed E-state index contributed by atoms with van der Waals surface area (Å²) in [7, 11) is 0. The lowest BCUT2D eigenvalue weighted by Gasteiger charge is -2.14. The second-order valence-corrected chi connectivity index (χ2v) is 9.03. The van der Waals surface area contributed by atoms with E-state index in [1.54, 1.807) is 24.3 Å². The third-order valence-electron chi connectivity index (χ3n) is 5.30. The Labute approximate surface area is 204 Å². The van der Waals surface area contributed by atoms with Crippen molar-refractivity contribution in [2.45, 2.75) is 19.3 Å². The average Bonchev–Trinajstić information content (AvgIpc) is 3.52. The van der Waals surface area contributed by atoms with Gasteiger partial charge in [0, 0.05) is 10.4 Å². The van der Waals surface area contributed by atoms with Gasteiger partial charge in [-0.05, 0) is 53.2 Å². The van der Waals surface area contributed by atoms with Gasteiger partial charge in [0.2, 0.25) is 0 Å². The van der Waals surface area contributed by atoms with Gasteiger partial charge in [0.25, 0.3) is 11.1 Å². The first-order chi connectivity index (χ1) is 16.7. The smallest absolute Gasteiger partial charge is 0.268 e. The van der Waals surface area contributed by atoms with Crippen molar-refractivity contribution in [3.63, 3.8) is 0 Å². The lowest BCUT2D eigenvalue weighted by molar-refractivity contribution is -0.138. The molecule has 178 valence electrons. The van der Waals surface area contributed by atoms with Crippen LogP contribution in [0.4, 0.5) is 18.0 Å². The van der Waals surface area contributed by atoms with Crippen LogP contribution in [-0.2, 0) is 24.1 Å². The second kappa shape index (κ2) is 8.86. The molecule has 13 heteroatoms. The van der Waals surface area contributed by atoms with Crippen molar-refractivity contribution >= 4 is 51.5 Å². The standard InChI is InChI=1S/C22H14ClF3N6O2S/c23-15-3-2-13(16(7-15)22(24,25)26)9-32-17-4-1-12(5-14(17)8-29-32)6-18-20(33)31(21(34)35-18)10-19-27-11-28-30-19/h1-8,11H,9-10H2,(H,27,28,30)/b18-6-. The van der Waals surface area contributed by atoms with Crippen LogP contribution >= 0.6 is 23.4 Å². The zero-order chi connectivity index (χ0) is 24.7. The number of benzene rings is 2. The Hall–Kier alpha value is -3.64. The Morgan fingerprint density at radius 1 is 1.11 bits per heavy atom. The highest BCUT2D eigenvalue weighted by Crippen LogP contribution is 2.35. The summed E-state index contributed by atoms with van der Waals surface area (Å²) in [5.74, 6) is -0.139. The van der Waals surface area contributed by atoms with Gasteiger partial charge in [0.1, 0.15) is 6.33 Å². The average molecular weight is 519 g/mol. The van der Waals surface area contributed by atoms with Gasteiger partial charge in [0.05, 0.1) is 35.3 Å². The number of thioether (sulfide) groups is 1. The molecule has 1 N–H and O–H groups in total. The molecule has 0 radical (unpaired) electrons. The Balaban J connectivity index is 1.40. The van der Waals surface area contributed by atoms with Crippen LogP contribution in [0.2, 0.25) is 5.02 Å². The Bertz CT molecular complexity index is 1480. The lowest BCUT2D eigenvalue weighted by atomic mass is 10.1. The predicted molar refractivity (Wildman–Crippen MR) is 123 cm³/mol. The number of halogens is 4. The molecule has 8 nitrogen and oxygen atoms in total. The molecule has 1 saturated heterocycles. The van der Waals surface area contributed by atoms with Gasteiger partial charge in [0.15, 0.2) is 5.82 Å². The highest BCUT2D eigenvalue weighted by Gasteiger charge is 2.36. The molecule has 0 spiro atoms. The normalized spacial score (nSPS) is 15.7. The number of nitrogens with zero attached hydrogens (tertiary/aromatic N) is 5. The number of aromatic amines is 1. The number of alkyl halides is 3. The number of carbonyl (C=O) groups excluding carboxylic acids is 2. The van der Waals surface area contributed by atoms with Crippen molar-refractivity contribution in [1.82, 2.24) is 29.9 Å². The van der Waals surface area contributed by atoms with E-state index in [4.69, 9.17) is 11.6 Å². The first-order valence-corrected chi connectivity index (χ1v) is 11.3. The maximum Gasteiger partial charge on any atom is 0.416 e. The van der Waals surface area contributed by atoms with E-state index < -0.39 is 22.9 Å². The zero-order valence-corrected chi connectivity index (χ0v) is 19.2. The molecule has 3 heterocycles. The number of amides is 2. The molecule has 2 amide bonds. The molecule has 1 fully saturated rings. The number of carbonyl (C=O) groups is 2. The maximum atomic E-state index is 13.4. The molecule has 35 heavy (non-hydrogen) atoms. The maximum absolute atomic E-state index is 13.4. The van der Waals surface area contributed by atoms with E-state index in [2.05, 4.69) is 20.3 Å². The van der Waals surface area contributed by atoms with Crippen LogP contribution in [0.1, 0.15) is 22.5 Å². The van der Waals surface area contributed by atoms with E-state index in [-0.39, 0.29) is 28.6 Å². The fourth-order valence-electron chi connectivity index (χ4n) is 3.67. The topological polar surface area (TPSA) is 96.8 Å². The second-order valence-electron chi connectivity index (χ2n) is 7.60. The minimum Gasteiger partial charge on any atom is -0.268 e. The molecule has 2 aromatic carbocycles. The molecular formula is C22H14ClF3N6O2S. The molecule has 5 rings (SSSR count). The molecule has 1 aliphatic rings. The summed E-state index contributed by atoms with van der Waals surface area (Å²) in [5, 5.41) is 10.9. The van der Waals surface area contributed by atoms with Gasteiger partial charge in [-0.1, -0.05) is 23.7 Å². The lowest BCUT2D eigenvalue weighted by Crippen LogP contribution is -2.28. The third-order valence-corrected chi connectivity index (χ3v) is 6.44. The fraction of sp³-hybridized carbons (Fsp3) is 0.136. The van der Waals surface area contributed by atoms with Crippen LogP contribution < -0.4 is 0 Å². The minimum atomic E-state index is -4.55. The van der Waals surface area contributed by atoms with Gasteiger partial charge >= 0.3 is 6.18 Å². The number of hydrogen-bond donors (Lipinski definition) is 1. The van der Waals surface area contributed by atoms with Crippen molar-refractivity contribution in [3.05, 3.63) is 81.4 Å². The van der Waals surface area contributed by atoms with Gasteiger partial charge in [-0.3, -0.25) is 24.3 Å². The van der Waals surface area contributed by atoms with E-state index in [0.717, 1.165) is 22.7 Å². The first kappa shape index (κ1) is 23.1. The van der Waals surface area contributed by atoms with Crippen LogP contribution in [0.25, 0.3) is 17.0 Å². The van der Waals surface area contributed by atoms with Crippen molar-refractivity contribution in [1.29, 1.82) is 0 Å². The molecule has 1 aliphatic heterocycles. The van der Waals surface area contributed by atoms with Gasteiger partial charge < -0.3 is 0 Å². The molecule has 0 bridgehead atoms. The van der Waals surface area contributed by atoms with Gasteiger partial charge in [-0.2, -0.15) is 23.4 Å². The predicted octanol–water partition coefficient (Wildman–Crippen LogP) is 5.11. The van der Waals surface area contributed by atoms with Crippen LogP contribution in [0, 0.1) is 0 Å². The van der Waals surface area contributed by atoms with Gasteiger partial charge in [-0.15, -0.1) is 0 Å². The van der Waals surface area contributed by atoms with E-state index in [9.17, 15) is 22.8 Å². The quantitative estimate of drug-likeness (QED) is 0.369. The molecule has 0 saturated carbocycles. The number of rotatable bonds is 5. The summed E-state index contributed by atoms with van der Waals surface area (Å²) in [4.78, 5) is 30.2. The number of H-pyrrole nitrogens is 1. The summed E-state index contributed by atoms with van der Waals surface area (Å²) in [6.45, 7) is -0.142. The van der Waals surface area contributed by atoms with Gasteiger partial charge in [-0.25, -0.2) is 4.98 Å². The number of aromatic nitrogens is 5. The summed E-state index contributed by atoms with van der Waals surface area (Å²) in [6, 6.07) is 8.79. The Kier molecular flexibility index (Phi) is 5.85. The summed E-state index contributed by atoms with van der Waals surface area (Å²) in [5.41, 5.74) is 0.480. The van der Waals surface area contributed by atoms with E-state index in [1.165, 1.54) is 29.3 Å². The van der Waals surface area contributed by atoms with Crippen molar-refractivity contribution in [2.24, 2.45) is 0 Å². The number of fused-ring (bicyclic) bond motifs is 1. The van der Waals surface area contributed by atoms with Crippen molar-refractivity contribution < 1.29 is 22.8 Å². The van der Waals surface area contributed by atoms with Crippen LogP contribution in [-0.4, -0.2) is 41.0 Å². The monoisotopic (exact) mass is 518 g/mol. The van der Waals surface area contributed by atoms with E-state index >= 15 is 0 Å². The van der Waals surface area contributed by atoms with Crippen molar-refractivity contribution in [2.75, 3.05) is 0 Å². The summed E-state index contributed by atoms with van der Waals surface area (Å²) < 4.78 is 41.8. The van der Waals surface area contributed by atoms with E-state index in [1.807, 2.05) is 0 Å². The molecule has 0 aliphatic carbocycles. The summed E-state index contributed by atoms with van der Waals surface area (Å²) >= 11 is 6.58. The van der Waals surface area contributed by atoms with Crippen LogP contribution in [0.5, 0.6) is 0 Å². The molecule has 4 aromatic rings. The molecular weight excluding hydrogens is 505 g/mol. The van der Waals surface area contributed by atoms with E-state index in [0.29, 0.717) is 22.3 Å². The highest BCUT2D eigenvalue weighted by molar-refractivity contribution is 8.18. The molecule has 0 unspecified atom stereocenters. The zero-order valence-electron chi connectivity index (χ0n) is 17.6. The fourth-order valence-corrected chi connectivity index (χ4v) is 4.68. The number of imide groups is 1. The highest BCUT2D eigenvalue weighted by atomic mass is 35.5. The summed E-state index contributed by atoms with van der Waals surface area (Å²) in [6.07, 6.45) is -0.0749. The van der Waals surface area contributed by atoms with Crippen molar-refractivity contribution in [3.8, 4) is 0 Å². The molecule has 2 aromatic heterocycles. The minimum absolute atomic E-state index is 0.000999. The Morgan fingerprint density at radius 2 is 1.94 bits per heavy atom. The molecule has 0 atom stereocenters. The van der Waals surface area contributed by atoms with Crippen LogP contribution in [0.3, 0.4) is 0 Å². The third kappa shape index (κ3) is 4.66. The van der Waals surface area contributed by atoms with Crippen LogP contribution in [0.15, 0.2) is 53.8 Å². The number of nitrogens with one attached hydrogen (secondary N) is 1.